The van der Waals surface area contributed by atoms with E-state index < -0.39 is 89.7 Å². The number of aromatic nitrogens is 3. The number of ketones is 1. The molecule has 4 aliphatic heterocycles. The van der Waals surface area contributed by atoms with Crippen molar-refractivity contribution in [3.05, 3.63) is 99.4 Å². The molecule has 0 amide bonds. The van der Waals surface area contributed by atoms with Gasteiger partial charge in [-0.05, 0) is 110 Å². The number of hydrogen-bond donors (Lipinski definition) is 6. The van der Waals surface area contributed by atoms with E-state index in [0.717, 1.165) is 11.1 Å². The predicted octanol–water partition coefficient (Wildman–Crippen LogP) is 5.72. The first-order valence-electron chi connectivity index (χ1n) is 24.5. The Balaban J connectivity index is 1.25. The van der Waals surface area contributed by atoms with Crippen LogP contribution in [-0.4, -0.2) is 119 Å². The third-order valence-corrected chi connectivity index (χ3v) is 15.1. The predicted molar refractivity (Wildman–Crippen MR) is 262 cm³/mol. The van der Waals surface area contributed by atoms with Crippen molar-refractivity contribution in [2.45, 2.75) is 141 Å². The fraction of sp³-hybridized carbons (Fsp3) is 0.500. The highest BCUT2D eigenvalue weighted by atomic mass is 16.7. The molecule has 5 heterocycles. The molecule has 6 unspecified atom stereocenters. The molecule has 4 fully saturated rings. The fourth-order valence-corrected chi connectivity index (χ4v) is 11.3. The highest BCUT2D eigenvalue weighted by Gasteiger charge is 2.77. The van der Waals surface area contributed by atoms with E-state index in [1.807, 2.05) is 66.7 Å². The first-order chi connectivity index (χ1) is 34.2. The molecular formula is C54H64N4O14. The molecule has 384 valence electrons. The van der Waals surface area contributed by atoms with E-state index in [1.165, 1.54) is 43.8 Å². The molecule has 1 aromatic heterocycles. The number of carbonyl (C=O) groups is 3. The van der Waals surface area contributed by atoms with Gasteiger partial charge in [0.2, 0.25) is 12.2 Å². The standard InChI is InChI=1S/C54H64N4O14/c1-26(2)11-10-20-52(8)21-19-33-44(71-52)32(17-12-27(3)4)46-37(45(33)70-49(65)30-13-15-31(16-14-30)68-50-43(62)42(61)41(60)36(24-59)69-50)39-38-40(58-51(57-39)55-25-56-58)34-23-35(28(5)6)54(38,72-46)53(66,47(34)63)22-18-29(7)48(64)67-9/h11-16,18-19,21,25,28,34-36,40-43,50,59-62,66H,10,17,20,22-24H2,1-9H3,(H,55,56,57)/b29-18-/t34?,35?,36-,40?,41-,42+,43-,50-,52?,53?,54?/m1/s1. The Morgan fingerprint density at radius 3 is 2.38 bits per heavy atom. The van der Waals surface area contributed by atoms with Crippen LogP contribution >= 0.6 is 0 Å². The minimum absolute atomic E-state index is 0.0746. The molecule has 10 rings (SSSR count). The summed E-state index contributed by atoms with van der Waals surface area (Å²) in [6.07, 6.45) is 5.03. The van der Waals surface area contributed by atoms with E-state index in [-0.39, 0.29) is 47.1 Å². The average molecular weight is 993 g/mol. The molecule has 18 nitrogen and oxygen atoms in total. The molecule has 72 heavy (non-hydrogen) atoms. The van der Waals surface area contributed by atoms with Gasteiger partial charge in [-0.25, -0.2) is 14.3 Å². The smallest absolute Gasteiger partial charge is 0.343 e. The monoisotopic (exact) mass is 992 g/mol. The Bertz CT molecular complexity index is 2840. The van der Waals surface area contributed by atoms with Crippen LogP contribution in [0.3, 0.4) is 0 Å². The number of aliphatic hydroxyl groups is 5. The molecule has 1 saturated heterocycles. The van der Waals surface area contributed by atoms with Gasteiger partial charge in [0.25, 0.3) is 0 Å². The summed E-state index contributed by atoms with van der Waals surface area (Å²) in [6.45, 7) is 15.0. The Morgan fingerprint density at radius 2 is 1.71 bits per heavy atom. The normalized spacial score (nSPS) is 30.7. The van der Waals surface area contributed by atoms with Crippen LogP contribution in [0, 0.1) is 17.8 Å². The van der Waals surface area contributed by atoms with Crippen molar-refractivity contribution in [2.75, 3.05) is 19.0 Å². The lowest BCUT2D eigenvalue weighted by molar-refractivity contribution is -0.277. The third-order valence-electron chi connectivity index (χ3n) is 15.1. The number of nitrogens with zero attached hydrogens (tertiary/aromatic N) is 3. The molecule has 3 aliphatic carbocycles. The van der Waals surface area contributed by atoms with Crippen LogP contribution in [0.15, 0.2) is 77.2 Å². The van der Waals surface area contributed by atoms with Crippen LogP contribution in [0.25, 0.3) is 11.8 Å². The largest absolute Gasteiger partial charge is 0.482 e. The quantitative estimate of drug-likeness (QED) is 0.0489. The van der Waals surface area contributed by atoms with Gasteiger partial charge in [-0.15, -0.1) is 0 Å². The van der Waals surface area contributed by atoms with Crippen LogP contribution in [0.4, 0.5) is 5.95 Å². The summed E-state index contributed by atoms with van der Waals surface area (Å²) in [5.41, 5.74) is -0.0933. The van der Waals surface area contributed by atoms with E-state index in [4.69, 9.17) is 28.4 Å². The highest BCUT2D eigenvalue weighted by molar-refractivity contribution is 6.03. The van der Waals surface area contributed by atoms with Crippen molar-refractivity contribution < 1.29 is 68.3 Å². The Morgan fingerprint density at radius 1 is 0.986 bits per heavy atom. The maximum atomic E-state index is 15.3. The first kappa shape index (κ1) is 50.8. The zero-order valence-corrected chi connectivity index (χ0v) is 42.0. The van der Waals surface area contributed by atoms with E-state index in [2.05, 4.69) is 21.5 Å². The molecule has 2 bridgehead atoms. The number of esters is 2. The Hall–Kier alpha value is -6.15. The number of rotatable bonds is 14. The highest BCUT2D eigenvalue weighted by Crippen LogP contribution is 2.69. The summed E-state index contributed by atoms with van der Waals surface area (Å²) in [4.78, 5) is 47.5. The second-order valence-electron chi connectivity index (χ2n) is 20.8. The summed E-state index contributed by atoms with van der Waals surface area (Å²) >= 11 is 0. The van der Waals surface area contributed by atoms with Crippen molar-refractivity contribution in [3.8, 4) is 23.0 Å². The van der Waals surface area contributed by atoms with Gasteiger partial charge < -0.3 is 59.3 Å². The molecule has 7 aliphatic rings. The van der Waals surface area contributed by atoms with Gasteiger partial charge in [0.15, 0.2) is 22.7 Å². The second-order valence-corrected chi connectivity index (χ2v) is 20.8. The van der Waals surface area contributed by atoms with Gasteiger partial charge in [0, 0.05) is 35.0 Å². The summed E-state index contributed by atoms with van der Waals surface area (Å²) < 4.78 is 39.5. The average Bonchev–Trinajstić information content (AvgIpc) is 3.83. The molecular weight excluding hydrogens is 929 g/mol. The third kappa shape index (κ3) is 8.25. The maximum Gasteiger partial charge on any atom is 0.343 e. The summed E-state index contributed by atoms with van der Waals surface area (Å²) in [7, 11) is 1.27. The van der Waals surface area contributed by atoms with Gasteiger partial charge >= 0.3 is 11.9 Å². The minimum atomic E-state index is -2.24. The Labute approximate surface area is 417 Å². The van der Waals surface area contributed by atoms with Crippen LogP contribution in [0.5, 0.6) is 23.0 Å². The molecule has 6 N–H and O–H groups in total. The van der Waals surface area contributed by atoms with E-state index in [0.29, 0.717) is 58.9 Å². The fourth-order valence-electron chi connectivity index (χ4n) is 11.3. The van der Waals surface area contributed by atoms with Crippen molar-refractivity contribution in [2.24, 2.45) is 17.8 Å². The topological polar surface area (TPSA) is 250 Å². The SMILES string of the molecule is COC(=O)/C(C)=C\CC1(O)C(=O)C2CC(C(C)C)C13Oc1c(CC=C(C)C)c4c(c(OC(=O)c5ccc(O[C@@H]6O[C@H](CO)[C@@H](O)[C@H](O)[C@H]6O)cc5)c1C1=C3C2n2ncnc2N1)C=CC(C)(CCC=C(C)C)O4. The zero-order chi connectivity index (χ0) is 51.8. The minimum Gasteiger partial charge on any atom is -0.482 e. The zero-order valence-electron chi connectivity index (χ0n) is 42.0. The van der Waals surface area contributed by atoms with Crippen LogP contribution < -0.4 is 24.3 Å². The van der Waals surface area contributed by atoms with Crippen molar-refractivity contribution in [1.82, 2.24) is 14.8 Å². The lowest BCUT2D eigenvalue weighted by atomic mass is 9.46. The Kier molecular flexibility index (Phi) is 13.4. The molecule has 1 spiro atoms. The molecule has 2 aromatic carbocycles. The number of anilines is 1. The number of Topliss-reactive ketones (excluding diaryl/α,β-unsaturated/α-hetero) is 1. The summed E-state index contributed by atoms with van der Waals surface area (Å²) in [5.74, 6) is -2.17. The number of fused-ring (bicyclic) bond motifs is 6. The molecule has 11 atom stereocenters. The molecule has 3 saturated carbocycles. The van der Waals surface area contributed by atoms with Gasteiger partial charge in [-0.2, -0.15) is 10.1 Å². The maximum absolute atomic E-state index is 15.3. The van der Waals surface area contributed by atoms with Gasteiger partial charge in [0.05, 0.1) is 42.1 Å². The number of methoxy groups -OCH3 is 1. The number of nitrogens with one attached hydrogen (secondary N) is 1. The van der Waals surface area contributed by atoms with E-state index >= 15 is 4.79 Å². The van der Waals surface area contributed by atoms with Gasteiger partial charge in [-0.1, -0.05) is 43.2 Å². The second kappa shape index (κ2) is 19.0. The first-order valence-corrected chi connectivity index (χ1v) is 24.5. The number of allylic oxidation sites excluding steroid dienone is 4. The molecule has 3 aromatic rings. The van der Waals surface area contributed by atoms with Crippen LogP contribution in [0.1, 0.15) is 114 Å². The summed E-state index contributed by atoms with van der Waals surface area (Å²) in [5, 5.41) is 62.6. The molecule has 0 radical (unpaired) electrons. The van der Waals surface area contributed by atoms with Gasteiger partial charge in [-0.3, -0.25) is 4.79 Å². The number of hydrogen-bond acceptors (Lipinski definition) is 17. The number of aliphatic hydroxyl groups excluding tert-OH is 4. The van der Waals surface area contributed by atoms with E-state index in [1.54, 1.807) is 11.6 Å². The van der Waals surface area contributed by atoms with Gasteiger partial charge in [0.1, 0.15) is 53.6 Å². The summed E-state index contributed by atoms with van der Waals surface area (Å²) in [6, 6.07) is 5.02. The number of ether oxygens (including phenoxy) is 6. The lowest BCUT2D eigenvalue weighted by Crippen LogP contribution is -2.78. The number of benzene rings is 2. The van der Waals surface area contributed by atoms with Crippen molar-refractivity contribution >= 4 is 35.4 Å². The number of carbonyl (C=O) groups excluding carboxylic acids is 3. The lowest BCUT2D eigenvalue weighted by Gasteiger charge is -2.65. The van der Waals surface area contributed by atoms with Crippen molar-refractivity contribution in [1.29, 1.82) is 0 Å². The van der Waals surface area contributed by atoms with E-state index in [9.17, 15) is 35.1 Å². The van der Waals surface area contributed by atoms with Crippen LogP contribution in [-0.2, 0) is 25.5 Å². The molecule has 18 heteroatoms. The van der Waals surface area contributed by atoms with Crippen molar-refractivity contribution in [3.63, 3.8) is 0 Å². The van der Waals surface area contributed by atoms with Crippen LogP contribution in [0.2, 0.25) is 0 Å².